The summed E-state index contributed by atoms with van der Waals surface area (Å²) in [6.07, 6.45) is 0. The predicted molar refractivity (Wildman–Crippen MR) is 118 cm³/mol. The molecule has 3 rings (SSSR count). The lowest BCUT2D eigenvalue weighted by molar-refractivity contribution is -0.121. The maximum atomic E-state index is 13.3. The lowest BCUT2D eigenvalue weighted by Crippen LogP contribution is -2.26. The van der Waals surface area contributed by atoms with Gasteiger partial charge in [-0.15, -0.1) is 0 Å². The molecular weight excluding hydrogens is 374 g/mol. The summed E-state index contributed by atoms with van der Waals surface area (Å²) in [5.41, 5.74) is 3.08. The van der Waals surface area contributed by atoms with Gasteiger partial charge in [0, 0.05) is 31.9 Å². The van der Waals surface area contributed by atoms with Crippen LogP contribution in [-0.4, -0.2) is 31.6 Å². The van der Waals surface area contributed by atoms with Gasteiger partial charge in [-0.3, -0.25) is 9.59 Å². The first kappa shape index (κ1) is 20.2. The SMILES string of the molecule is CNC(=O)Cn1c2cc(C(C)(C)C)ccc2c(=O)c2ccc(Cl)c(N(C)C)c21. The van der Waals surface area contributed by atoms with Crippen molar-refractivity contribution in [3.05, 3.63) is 51.1 Å². The lowest BCUT2D eigenvalue weighted by atomic mass is 9.86. The highest BCUT2D eigenvalue weighted by Gasteiger charge is 2.21. The summed E-state index contributed by atoms with van der Waals surface area (Å²) in [6.45, 7) is 6.47. The molecule has 0 aliphatic carbocycles. The molecule has 0 aliphatic rings. The fourth-order valence-corrected chi connectivity index (χ4v) is 3.82. The fraction of sp³-hybridized carbons (Fsp3) is 0.364. The van der Waals surface area contributed by atoms with Gasteiger partial charge >= 0.3 is 0 Å². The highest BCUT2D eigenvalue weighted by atomic mass is 35.5. The molecule has 0 spiro atoms. The number of benzene rings is 2. The summed E-state index contributed by atoms with van der Waals surface area (Å²) in [5, 5.41) is 4.36. The van der Waals surface area contributed by atoms with Crippen molar-refractivity contribution in [2.75, 3.05) is 26.0 Å². The van der Waals surface area contributed by atoms with Crippen LogP contribution in [0.2, 0.25) is 5.02 Å². The first-order valence-electron chi connectivity index (χ1n) is 9.23. The minimum atomic E-state index is -0.142. The van der Waals surface area contributed by atoms with Crippen LogP contribution >= 0.6 is 11.6 Å². The number of anilines is 1. The Bertz CT molecular complexity index is 1140. The van der Waals surface area contributed by atoms with E-state index in [0.717, 1.165) is 16.8 Å². The second-order valence-electron chi connectivity index (χ2n) is 8.26. The molecule has 0 fully saturated rings. The Morgan fingerprint density at radius 3 is 2.36 bits per heavy atom. The van der Waals surface area contributed by atoms with Crippen LogP contribution < -0.4 is 15.6 Å². The Labute approximate surface area is 169 Å². The number of pyridine rings is 1. The Hall–Kier alpha value is -2.53. The molecule has 0 aliphatic heterocycles. The molecule has 2 aromatic carbocycles. The quantitative estimate of drug-likeness (QED) is 0.679. The summed E-state index contributed by atoms with van der Waals surface area (Å²) in [7, 11) is 5.37. The molecule has 1 N–H and O–H groups in total. The number of carbonyl (C=O) groups excluding carboxylic acids is 1. The largest absolute Gasteiger partial charge is 0.375 e. The molecule has 0 saturated heterocycles. The van der Waals surface area contributed by atoms with Crippen molar-refractivity contribution >= 4 is 45.0 Å². The van der Waals surface area contributed by atoms with E-state index in [1.54, 1.807) is 19.2 Å². The number of carbonyl (C=O) groups is 1. The van der Waals surface area contributed by atoms with Gasteiger partial charge in [-0.25, -0.2) is 0 Å². The fourth-order valence-electron chi connectivity index (χ4n) is 3.50. The number of nitrogens with zero attached hydrogens (tertiary/aromatic N) is 2. The van der Waals surface area contributed by atoms with Crippen molar-refractivity contribution in [2.24, 2.45) is 0 Å². The number of hydrogen-bond acceptors (Lipinski definition) is 3. The maximum absolute atomic E-state index is 13.3. The molecule has 0 saturated carbocycles. The van der Waals surface area contributed by atoms with E-state index in [1.807, 2.05) is 41.8 Å². The molecule has 0 radical (unpaired) electrons. The van der Waals surface area contributed by atoms with E-state index >= 15 is 0 Å². The highest BCUT2D eigenvalue weighted by Crippen LogP contribution is 2.35. The molecule has 5 nitrogen and oxygen atoms in total. The van der Waals surface area contributed by atoms with Gasteiger partial charge in [-0.05, 0) is 35.2 Å². The molecule has 1 heterocycles. The third-order valence-corrected chi connectivity index (χ3v) is 5.35. The van der Waals surface area contributed by atoms with E-state index in [0.29, 0.717) is 21.3 Å². The Kier molecular flexibility index (Phi) is 5.15. The second kappa shape index (κ2) is 7.13. The summed E-state index contributed by atoms with van der Waals surface area (Å²) >= 11 is 6.49. The average molecular weight is 400 g/mol. The molecule has 28 heavy (non-hydrogen) atoms. The standard InChI is InChI=1S/C22H26ClN3O2/c1-22(2,3)13-7-8-14-17(11-13)26(12-18(27)24-4)19-15(21(14)28)9-10-16(23)20(19)25(5)6/h7-11H,12H2,1-6H3,(H,24,27). The van der Waals surface area contributed by atoms with Gasteiger partial charge in [0.2, 0.25) is 5.91 Å². The smallest absolute Gasteiger partial charge is 0.239 e. The molecule has 0 unspecified atom stereocenters. The van der Waals surface area contributed by atoms with E-state index in [-0.39, 0.29) is 23.3 Å². The highest BCUT2D eigenvalue weighted by molar-refractivity contribution is 6.35. The number of rotatable bonds is 3. The topological polar surface area (TPSA) is 54.3 Å². The van der Waals surface area contributed by atoms with Crippen LogP contribution in [0.1, 0.15) is 26.3 Å². The van der Waals surface area contributed by atoms with Gasteiger partial charge in [-0.1, -0.05) is 38.4 Å². The van der Waals surface area contributed by atoms with E-state index in [1.165, 1.54) is 0 Å². The van der Waals surface area contributed by atoms with E-state index in [9.17, 15) is 9.59 Å². The van der Waals surface area contributed by atoms with Crippen LogP contribution in [0.5, 0.6) is 0 Å². The molecule has 1 amide bonds. The zero-order valence-electron chi connectivity index (χ0n) is 17.2. The minimum Gasteiger partial charge on any atom is -0.375 e. The van der Waals surface area contributed by atoms with Gasteiger partial charge in [0.25, 0.3) is 0 Å². The van der Waals surface area contributed by atoms with E-state index < -0.39 is 0 Å². The first-order valence-corrected chi connectivity index (χ1v) is 9.61. The van der Waals surface area contributed by atoms with Crippen molar-refractivity contribution in [3.63, 3.8) is 0 Å². The Morgan fingerprint density at radius 1 is 1.14 bits per heavy atom. The second-order valence-corrected chi connectivity index (χ2v) is 8.66. The lowest BCUT2D eigenvalue weighted by Gasteiger charge is -2.24. The van der Waals surface area contributed by atoms with Gasteiger partial charge < -0.3 is 14.8 Å². The molecule has 0 bridgehead atoms. The number of fused-ring (bicyclic) bond motifs is 2. The van der Waals surface area contributed by atoms with Gasteiger partial charge in [0.1, 0.15) is 6.54 Å². The first-order chi connectivity index (χ1) is 13.1. The van der Waals surface area contributed by atoms with Crippen LogP contribution in [0.4, 0.5) is 5.69 Å². The Morgan fingerprint density at radius 2 is 1.79 bits per heavy atom. The molecule has 1 aromatic heterocycles. The summed E-state index contributed by atoms with van der Waals surface area (Å²) < 4.78 is 1.90. The number of likely N-dealkylation sites (N-methyl/N-ethyl adjacent to an activating group) is 1. The van der Waals surface area contributed by atoms with Crippen molar-refractivity contribution in [2.45, 2.75) is 32.7 Å². The van der Waals surface area contributed by atoms with Gasteiger partial charge in [-0.2, -0.15) is 0 Å². The monoisotopic (exact) mass is 399 g/mol. The molecule has 148 valence electrons. The van der Waals surface area contributed by atoms with Gasteiger partial charge in [0.15, 0.2) is 5.43 Å². The van der Waals surface area contributed by atoms with Crippen LogP contribution in [0.15, 0.2) is 35.1 Å². The number of aromatic nitrogens is 1. The third-order valence-electron chi connectivity index (χ3n) is 5.04. The molecule has 6 heteroatoms. The molecule has 3 aromatic rings. The van der Waals surface area contributed by atoms with E-state index in [4.69, 9.17) is 11.6 Å². The zero-order valence-corrected chi connectivity index (χ0v) is 17.9. The van der Waals surface area contributed by atoms with Crippen LogP contribution in [0.3, 0.4) is 0 Å². The number of hydrogen-bond donors (Lipinski definition) is 1. The summed E-state index contributed by atoms with van der Waals surface area (Å²) in [6, 6.07) is 9.34. The van der Waals surface area contributed by atoms with Crippen LogP contribution in [-0.2, 0) is 16.8 Å². The number of nitrogens with one attached hydrogen (secondary N) is 1. The van der Waals surface area contributed by atoms with Crippen molar-refractivity contribution in [1.29, 1.82) is 0 Å². The minimum absolute atomic E-state index is 0.0571. The molecule has 0 atom stereocenters. The average Bonchev–Trinajstić information content (AvgIpc) is 2.63. The van der Waals surface area contributed by atoms with Crippen molar-refractivity contribution < 1.29 is 4.79 Å². The van der Waals surface area contributed by atoms with Crippen molar-refractivity contribution in [1.82, 2.24) is 9.88 Å². The van der Waals surface area contributed by atoms with Crippen LogP contribution in [0.25, 0.3) is 21.8 Å². The Balaban J connectivity index is 2.58. The summed E-state index contributed by atoms with van der Waals surface area (Å²) in [5.74, 6) is -0.142. The number of halogens is 1. The normalized spacial score (nSPS) is 11.8. The maximum Gasteiger partial charge on any atom is 0.239 e. The predicted octanol–water partition coefficient (Wildman–Crippen LogP) is 3.92. The molecular formula is C22H26ClN3O2. The van der Waals surface area contributed by atoms with Crippen LogP contribution in [0, 0.1) is 0 Å². The summed E-state index contributed by atoms with van der Waals surface area (Å²) in [4.78, 5) is 27.5. The van der Waals surface area contributed by atoms with E-state index in [2.05, 4.69) is 26.1 Å². The number of amides is 1. The third kappa shape index (κ3) is 3.35. The zero-order chi connectivity index (χ0) is 20.8. The van der Waals surface area contributed by atoms with Gasteiger partial charge in [0.05, 0.1) is 21.7 Å². The van der Waals surface area contributed by atoms with Crippen molar-refractivity contribution in [3.8, 4) is 0 Å².